The maximum absolute atomic E-state index is 13.0. The number of pyridine rings is 1. The molecule has 2 fully saturated rings. The van der Waals surface area contributed by atoms with Crippen LogP contribution in [0.3, 0.4) is 0 Å². The van der Waals surface area contributed by atoms with Gasteiger partial charge in [-0.3, -0.25) is 9.71 Å². The van der Waals surface area contributed by atoms with Crippen LogP contribution in [0.25, 0.3) is 11.1 Å². The fourth-order valence-corrected chi connectivity index (χ4v) is 5.83. The molecule has 30 heavy (non-hydrogen) atoms. The quantitative estimate of drug-likeness (QED) is 0.777. The molecule has 1 saturated heterocycles. The van der Waals surface area contributed by atoms with E-state index in [-0.39, 0.29) is 5.25 Å². The van der Waals surface area contributed by atoms with Crippen LogP contribution in [0.4, 0.5) is 11.5 Å². The van der Waals surface area contributed by atoms with Gasteiger partial charge >= 0.3 is 0 Å². The van der Waals surface area contributed by atoms with Gasteiger partial charge in [-0.2, -0.15) is 0 Å². The average Bonchev–Trinajstić information content (AvgIpc) is 2.76. The van der Waals surface area contributed by atoms with E-state index >= 15 is 0 Å². The Hall–Kier alpha value is -2.26. The molecular weight excluding hydrogens is 402 g/mol. The van der Waals surface area contributed by atoms with Crippen molar-refractivity contribution in [2.45, 2.75) is 51.2 Å². The lowest BCUT2D eigenvalue weighted by molar-refractivity contribution is 0.122. The second-order valence-electron chi connectivity index (χ2n) is 8.02. The molecule has 0 unspecified atom stereocenters. The van der Waals surface area contributed by atoms with E-state index in [4.69, 9.17) is 4.74 Å². The number of aromatic nitrogens is 3. The van der Waals surface area contributed by atoms with E-state index in [0.29, 0.717) is 37.4 Å². The molecule has 0 amide bonds. The van der Waals surface area contributed by atoms with Crippen LogP contribution in [0.2, 0.25) is 0 Å². The average molecular weight is 432 g/mol. The molecule has 1 aliphatic heterocycles. The van der Waals surface area contributed by atoms with Crippen LogP contribution < -0.4 is 9.62 Å². The molecule has 0 bridgehead atoms. The van der Waals surface area contributed by atoms with Crippen molar-refractivity contribution in [2.75, 3.05) is 35.9 Å². The molecule has 0 aromatic carbocycles. The molecule has 4 rings (SSSR count). The molecule has 0 radical (unpaired) electrons. The van der Waals surface area contributed by atoms with E-state index in [1.54, 1.807) is 12.5 Å². The zero-order valence-electron chi connectivity index (χ0n) is 17.6. The topological polar surface area (TPSA) is 97.3 Å². The normalized spacial score (nSPS) is 18.4. The molecule has 1 aliphatic carbocycles. The van der Waals surface area contributed by atoms with Crippen LogP contribution in [0.5, 0.6) is 0 Å². The standard InChI is InChI=1S/C21H29N5O3S/c1-15-19(25-30(27,28)18-6-4-3-5-7-18)12-17(13-22-15)20-16(2)23-14-24-21(20)26-8-10-29-11-9-26/h12-14,18,25H,3-11H2,1-2H3. The number of hydrogen-bond donors (Lipinski definition) is 1. The molecule has 0 atom stereocenters. The highest BCUT2D eigenvalue weighted by atomic mass is 32.2. The van der Waals surface area contributed by atoms with E-state index in [2.05, 4.69) is 24.6 Å². The smallest absolute Gasteiger partial charge is 0.235 e. The molecule has 162 valence electrons. The lowest BCUT2D eigenvalue weighted by Gasteiger charge is -2.29. The van der Waals surface area contributed by atoms with Gasteiger partial charge < -0.3 is 9.64 Å². The van der Waals surface area contributed by atoms with Gasteiger partial charge in [0.1, 0.15) is 12.1 Å². The number of morpholine rings is 1. The highest BCUT2D eigenvalue weighted by molar-refractivity contribution is 7.93. The Kier molecular flexibility index (Phi) is 6.19. The van der Waals surface area contributed by atoms with Gasteiger partial charge in [0.15, 0.2) is 0 Å². The SMILES string of the molecule is Cc1ncc(-c2c(C)ncnc2N2CCOCC2)cc1NS(=O)(=O)C1CCCCC1. The summed E-state index contributed by atoms with van der Waals surface area (Å²) < 4.78 is 34.2. The first-order chi connectivity index (χ1) is 14.5. The lowest BCUT2D eigenvalue weighted by atomic mass is 10.0. The first kappa shape index (κ1) is 21.0. The summed E-state index contributed by atoms with van der Waals surface area (Å²) in [4.78, 5) is 15.6. The minimum Gasteiger partial charge on any atom is -0.378 e. The van der Waals surface area contributed by atoms with Crippen molar-refractivity contribution < 1.29 is 13.2 Å². The third-order valence-electron chi connectivity index (χ3n) is 5.95. The number of nitrogens with zero attached hydrogens (tertiary/aromatic N) is 4. The molecule has 2 aromatic heterocycles. The van der Waals surface area contributed by atoms with Crippen molar-refractivity contribution in [1.29, 1.82) is 0 Å². The van der Waals surface area contributed by atoms with Crippen LogP contribution in [-0.2, 0) is 14.8 Å². The predicted molar refractivity (Wildman–Crippen MR) is 117 cm³/mol. The van der Waals surface area contributed by atoms with Gasteiger partial charge in [-0.25, -0.2) is 18.4 Å². The van der Waals surface area contributed by atoms with Crippen LogP contribution in [0.1, 0.15) is 43.5 Å². The summed E-state index contributed by atoms with van der Waals surface area (Å²) in [6, 6.07) is 1.86. The number of aryl methyl sites for hydroxylation is 2. The maximum atomic E-state index is 13.0. The second-order valence-corrected chi connectivity index (χ2v) is 9.98. The van der Waals surface area contributed by atoms with Gasteiger partial charge in [-0.1, -0.05) is 19.3 Å². The molecule has 1 saturated carbocycles. The first-order valence-corrected chi connectivity index (χ1v) is 12.1. The Morgan fingerprint density at radius 1 is 1.03 bits per heavy atom. The van der Waals surface area contributed by atoms with Crippen LogP contribution in [-0.4, -0.2) is 54.9 Å². The van der Waals surface area contributed by atoms with Crippen molar-refractivity contribution >= 4 is 21.5 Å². The highest BCUT2D eigenvalue weighted by Gasteiger charge is 2.28. The summed E-state index contributed by atoms with van der Waals surface area (Å²) in [6.45, 7) is 6.57. The number of nitrogens with one attached hydrogen (secondary N) is 1. The summed E-state index contributed by atoms with van der Waals surface area (Å²) in [5.41, 5.74) is 3.69. The number of ether oxygens (including phenoxy) is 1. The van der Waals surface area contributed by atoms with E-state index in [1.807, 2.05) is 19.9 Å². The third-order valence-corrected chi connectivity index (χ3v) is 7.80. The predicted octanol–water partition coefficient (Wildman–Crippen LogP) is 3.07. The van der Waals surface area contributed by atoms with E-state index < -0.39 is 10.0 Å². The van der Waals surface area contributed by atoms with Crippen LogP contribution in [0, 0.1) is 13.8 Å². The molecule has 1 N–H and O–H groups in total. The Balaban J connectivity index is 1.68. The summed E-state index contributed by atoms with van der Waals surface area (Å²) in [7, 11) is -3.45. The summed E-state index contributed by atoms with van der Waals surface area (Å²) in [6.07, 6.45) is 7.81. The Labute approximate surface area is 178 Å². The zero-order chi connectivity index (χ0) is 21.1. The molecule has 9 heteroatoms. The summed E-state index contributed by atoms with van der Waals surface area (Å²) in [5, 5.41) is -0.333. The van der Waals surface area contributed by atoms with E-state index in [1.165, 1.54) is 0 Å². The maximum Gasteiger partial charge on any atom is 0.235 e. The van der Waals surface area contributed by atoms with Crippen molar-refractivity contribution in [1.82, 2.24) is 15.0 Å². The summed E-state index contributed by atoms with van der Waals surface area (Å²) >= 11 is 0. The van der Waals surface area contributed by atoms with Crippen LogP contribution >= 0.6 is 0 Å². The van der Waals surface area contributed by atoms with Gasteiger partial charge in [-0.05, 0) is 32.8 Å². The first-order valence-electron chi connectivity index (χ1n) is 10.6. The molecule has 0 spiro atoms. The van der Waals surface area contributed by atoms with Gasteiger partial charge in [0, 0.05) is 30.4 Å². The monoisotopic (exact) mass is 431 g/mol. The van der Waals surface area contributed by atoms with Crippen LogP contribution in [0.15, 0.2) is 18.6 Å². The largest absolute Gasteiger partial charge is 0.378 e. The molecule has 2 aromatic rings. The lowest BCUT2D eigenvalue weighted by Crippen LogP contribution is -2.37. The Morgan fingerprint density at radius 2 is 1.77 bits per heavy atom. The minimum atomic E-state index is -3.45. The van der Waals surface area contributed by atoms with Gasteiger partial charge in [0.05, 0.1) is 35.5 Å². The van der Waals surface area contributed by atoms with E-state index in [0.717, 1.165) is 55.0 Å². The van der Waals surface area contributed by atoms with Gasteiger partial charge in [0.2, 0.25) is 10.0 Å². The van der Waals surface area contributed by atoms with E-state index in [9.17, 15) is 8.42 Å². The number of sulfonamides is 1. The molecular formula is C21H29N5O3S. The van der Waals surface area contributed by atoms with Crippen molar-refractivity contribution in [3.05, 3.63) is 30.0 Å². The van der Waals surface area contributed by atoms with Gasteiger partial charge in [-0.15, -0.1) is 0 Å². The minimum absolute atomic E-state index is 0.333. The third kappa shape index (κ3) is 4.41. The van der Waals surface area contributed by atoms with Crippen molar-refractivity contribution in [3.8, 4) is 11.1 Å². The second kappa shape index (κ2) is 8.85. The van der Waals surface area contributed by atoms with Crippen molar-refractivity contribution in [3.63, 3.8) is 0 Å². The molecule has 3 heterocycles. The zero-order valence-corrected chi connectivity index (χ0v) is 18.4. The number of hydrogen-bond acceptors (Lipinski definition) is 7. The highest BCUT2D eigenvalue weighted by Crippen LogP contribution is 2.34. The van der Waals surface area contributed by atoms with Gasteiger partial charge in [0.25, 0.3) is 0 Å². The summed E-state index contributed by atoms with van der Waals surface area (Å²) in [5.74, 6) is 0.831. The number of rotatable bonds is 5. The Morgan fingerprint density at radius 3 is 2.50 bits per heavy atom. The van der Waals surface area contributed by atoms with Crippen molar-refractivity contribution in [2.24, 2.45) is 0 Å². The Bertz CT molecular complexity index is 1000. The molecule has 8 nitrogen and oxygen atoms in total. The fourth-order valence-electron chi connectivity index (χ4n) is 4.20. The molecule has 2 aliphatic rings. The fraction of sp³-hybridized carbons (Fsp3) is 0.571. The number of anilines is 2.